The summed E-state index contributed by atoms with van der Waals surface area (Å²) in [5, 5.41) is 13.5. The third-order valence-electron chi connectivity index (χ3n) is 3.02. The number of phenolic OH excluding ortho intramolecular Hbond substituents is 1. The fourth-order valence-electron chi connectivity index (χ4n) is 1.90. The van der Waals surface area contributed by atoms with E-state index < -0.39 is 29.1 Å². The Morgan fingerprint density at radius 1 is 1.00 bits per heavy atom. The van der Waals surface area contributed by atoms with Gasteiger partial charge in [0.25, 0.3) is 0 Å². The largest absolute Gasteiger partial charge is 0.508 e. The minimum absolute atomic E-state index is 0.0987. The second-order valence-corrected chi connectivity index (χ2v) is 4.73. The molecule has 23 heavy (non-hydrogen) atoms. The van der Waals surface area contributed by atoms with Crippen molar-refractivity contribution < 1.29 is 23.5 Å². The fourth-order valence-corrected chi connectivity index (χ4v) is 1.90. The Labute approximate surface area is 130 Å². The highest BCUT2D eigenvalue weighted by Crippen LogP contribution is 2.17. The van der Waals surface area contributed by atoms with Crippen molar-refractivity contribution >= 4 is 17.5 Å². The van der Waals surface area contributed by atoms with Crippen molar-refractivity contribution in [3.63, 3.8) is 0 Å². The zero-order valence-corrected chi connectivity index (χ0v) is 12.0. The first-order valence-corrected chi connectivity index (χ1v) is 6.78. The minimum atomic E-state index is -1.16. The van der Waals surface area contributed by atoms with Gasteiger partial charge in [-0.1, -0.05) is 18.2 Å². The van der Waals surface area contributed by atoms with E-state index in [-0.39, 0.29) is 12.3 Å². The molecule has 0 aliphatic heterocycles. The molecular weight excluding hydrogens is 306 g/mol. The number of carbonyl (C=O) groups excluding carboxylic acids is 2. The summed E-state index contributed by atoms with van der Waals surface area (Å²) < 4.78 is 26.8. The van der Waals surface area contributed by atoms with Gasteiger partial charge in [0.15, 0.2) is 0 Å². The molecule has 0 spiro atoms. The zero-order chi connectivity index (χ0) is 16.8. The Bertz CT molecular complexity index is 715. The maximum absolute atomic E-state index is 13.4. The van der Waals surface area contributed by atoms with Crippen LogP contribution < -0.4 is 10.6 Å². The maximum Gasteiger partial charge on any atom is 0.313 e. The monoisotopic (exact) mass is 320 g/mol. The molecule has 0 heterocycles. The van der Waals surface area contributed by atoms with Gasteiger partial charge in [0.2, 0.25) is 0 Å². The Balaban J connectivity index is 1.87. The maximum atomic E-state index is 13.4. The van der Waals surface area contributed by atoms with Gasteiger partial charge in [-0.2, -0.15) is 0 Å². The smallest absolute Gasteiger partial charge is 0.313 e. The number of amides is 2. The molecule has 2 amide bonds. The van der Waals surface area contributed by atoms with E-state index in [2.05, 4.69) is 5.32 Å². The topological polar surface area (TPSA) is 78.4 Å². The second kappa shape index (κ2) is 7.35. The van der Waals surface area contributed by atoms with Gasteiger partial charge in [0.05, 0.1) is 0 Å². The molecule has 0 radical (unpaired) electrons. The van der Waals surface area contributed by atoms with Gasteiger partial charge in [-0.05, 0) is 36.2 Å². The quantitative estimate of drug-likeness (QED) is 0.754. The van der Waals surface area contributed by atoms with Crippen molar-refractivity contribution in [2.24, 2.45) is 0 Å². The molecular formula is C16H14F2N2O3. The summed E-state index contributed by atoms with van der Waals surface area (Å²) in [5.41, 5.74) is 0.103. The summed E-state index contributed by atoms with van der Waals surface area (Å²) >= 11 is 0. The molecule has 0 bridgehead atoms. The van der Waals surface area contributed by atoms with Gasteiger partial charge in [0.1, 0.15) is 23.1 Å². The predicted octanol–water partition coefficient (Wildman–Crippen LogP) is 1.97. The first kappa shape index (κ1) is 16.4. The lowest BCUT2D eigenvalue weighted by atomic mass is 10.1. The van der Waals surface area contributed by atoms with E-state index in [1.807, 2.05) is 5.32 Å². The highest BCUT2D eigenvalue weighted by atomic mass is 19.1. The van der Waals surface area contributed by atoms with E-state index in [1.165, 1.54) is 12.1 Å². The standard InChI is InChI=1S/C16H14F2N2O3/c17-12-5-2-6-13(18)14(12)20-16(23)15(22)19-8-7-10-3-1-4-11(21)9-10/h1-6,9,21H,7-8H2,(H,19,22)(H,20,23). The number of rotatable bonds is 4. The van der Waals surface area contributed by atoms with E-state index in [4.69, 9.17) is 0 Å². The molecule has 0 saturated carbocycles. The van der Waals surface area contributed by atoms with Crippen LogP contribution in [0.15, 0.2) is 42.5 Å². The van der Waals surface area contributed by atoms with E-state index >= 15 is 0 Å². The molecule has 0 aliphatic rings. The fraction of sp³-hybridized carbons (Fsp3) is 0.125. The van der Waals surface area contributed by atoms with Crippen molar-refractivity contribution in [2.75, 3.05) is 11.9 Å². The van der Waals surface area contributed by atoms with Crippen LogP contribution in [0.4, 0.5) is 14.5 Å². The highest BCUT2D eigenvalue weighted by molar-refractivity contribution is 6.39. The second-order valence-electron chi connectivity index (χ2n) is 4.73. The number of aromatic hydroxyl groups is 1. The lowest BCUT2D eigenvalue weighted by molar-refractivity contribution is -0.136. The summed E-state index contributed by atoms with van der Waals surface area (Å²) in [6.07, 6.45) is 0.390. The SMILES string of the molecule is O=C(NCCc1cccc(O)c1)C(=O)Nc1c(F)cccc1F. The number of benzene rings is 2. The number of anilines is 1. The average Bonchev–Trinajstić information content (AvgIpc) is 2.51. The molecule has 0 fully saturated rings. The number of halogens is 2. The average molecular weight is 320 g/mol. The Hall–Kier alpha value is -2.96. The first-order valence-electron chi connectivity index (χ1n) is 6.78. The van der Waals surface area contributed by atoms with Crippen molar-refractivity contribution in [2.45, 2.75) is 6.42 Å². The van der Waals surface area contributed by atoms with Gasteiger partial charge in [0, 0.05) is 6.54 Å². The lowest BCUT2D eigenvalue weighted by Gasteiger charge is -2.08. The number of carbonyl (C=O) groups is 2. The van der Waals surface area contributed by atoms with Gasteiger partial charge in [-0.3, -0.25) is 9.59 Å². The summed E-state index contributed by atoms with van der Waals surface area (Å²) in [6.45, 7) is 0.134. The first-order chi connectivity index (χ1) is 11.0. The lowest BCUT2D eigenvalue weighted by Crippen LogP contribution is -2.36. The summed E-state index contributed by atoms with van der Waals surface area (Å²) in [4.78, 5) is 23.2. The number of para-hydroxylation sites is 1. The molecule has 0 saturated heterocycles. The third kappa shape index (κ3) is 4.50. The Morgan fingerprint density at radius 2 is 1.65 bits per heavy atom. The van der Waals surface area contributed by atoms with Crippen molar-refractivity contribution in [1.82, 2.24) is 5.32 Å². The number of hydrogen-bond acceptors (Lipinski definition) is 3. The van der Waals surface area contributed by atoms with Crippen LogP contribution >= 0.6 is 0 Å². The molecule has 0 unspecified atom stereocenters. The van der Waals surface area contributed by atoms with Crippen LogP contribution in [0.1, 0.15) is 5.56 Å². The summed E-state index contributed by atoms with van der Waals surface area (Å²) in [6, 6.07) is 9.53. The van der Waals surface area contributed by atoms with Gasteiger partial charge >= 0.3 is 11.8 Å². The van der Waals surface area contributed by atoms with Gasteiger partial charge in [-0.15, -0.1) is 0 Å². The van der Waals surface area contributed by atoms with E-state index in [0.29, 0.717) is 6.42 Å². The van der Waals surface area contributed by atoms with Crippen LogP contribution in [0, 0.1) is 11.6 Å². The van der Waals surface area contributed by atoms with Crippen LogP contribution in [-0.4, -0.2) is 23.5 Å². The molecule has 2 aromatic carbocycles. The zero-order valence-electron chi connectivity index (χ0n) is 12.0. The number of hydrogen-bond donors (Lipinski definition) is 3. The van der Waals surface area contributed by atoms with Crippen LogP contribution in [0.25, 0.3) is 0 Å². The molecule has 2 rings (SSSR count). The van der Waals surface area contributed by atoms with Crippen molar-refractivity contribution in [3.05, 3.63) is 59.7 Å². The van der Waals surface area contributed by atoms with Crippen molar-refractivity contribution in [1.29, 1.82) is 0 Å². The molecule has 0 aliphatic carbocycles. The molecule has 120 valence electrons. The molecule has 3 N–H and O–H groups in total. The van der Waals surface area contributed by atoms with Gasteiger partial charge in [-0.25, -0.2) is 8.78 Å². The van der Waals surface area contributed by atoms with E-state index in [0.717, 1.165) is 23.8 Å². The minimum Gasteiger partial charge on any atom is -0.508 e. The molecule has 5 nitrogen and oxygen atoms in total. The summed E-state index contributed by atoms with van der Waals surface area (Å²) in [5.74, 6) is -4.00. The predicted molar refractivity (Wildman–Crippen MR) is 79.8 cm³/mol. The third-order valence-corrected chi connectivity index (χ3v) is 3.02. The molecule has 2 aromatic rings. The van der Waals surface area contributed by atoms with Gasteiger partial charge < -0.3 is 15.7 Å². The molecule has 0 aromatic heterocycles. The normalized spacial score (nSPS) is 10.2. The molecule has 7 heteroatoms. The van der Waals surface area contributed by atoms with E-state index in [1.54, 1.807) is 12.1 Å². The van der Waals surface area contributed by atoms with E-state index in [9.17, 15) is 23.5 Å². The van der Waals surface area contributed by atoms with Crippen LogP contribution in [0.2, 0.25) is 0 Å². The Morgan fingerprint density at radius 3 is 2.30 bits per heavy atom. The van der Waals surface area contributed by atoms with Crippen LogP contribution in [0.3, 0.4) is 0 Å². The van der Waals surface area contributed by atoms with Crippen LogP contribution in [-0.2, 0) is 16.0 Å². The molecule has 0 atom stereocenters. The van der Waals surface area contributed by atoms with Crippen LogP contribution in [0.5, 0.6) is 5.75 Å². The number of phenols is 1. The number of nitrogens with one attached hydrogen (secondary N) is 2. The van der Waals surface area contributed by atoms with Crippen molar-refractivity contribution in [3.8, 4) is 5.75 Å². The summed E-state index contributed by atoms with van der Waals surface area (Å²) in [7, 11) is 0. The highest BCUT2D eigenvalue weighted by Gasteiger charge is 2.17. The Kier molecular flexibility index (Phi) is 5.24.